The smallest absolute Gasteiger partial charge is 0.257 e. The summed E-state index contributed by atoms with van der Waals surface area (Å²) in [5, 5.41) is 2.71. The Balaban J connectivity index is 2.00. The van der Waals surface area contributed by atoms with E-state index in [0.29, 0.717) is 6.54 Å². The molecule has 1 N–H and O–H groups in total. The van der Waals surface area contributed by atoms with Gasteiger partial charge in [-0.25, -0.2) is 8.78 Å². The Kier molecular flexibility index (Phi) is 4.79. The van der Waals surface area contributed by atoms with E-state index in [-0.39, 0.29) is 15.8 Å². The van der Waals surface area contributed by atoms with E-state index < -0.39 is 23.1 Å². The van der Waals surface area contributed by atoms with Gasteiger partial charge in [-0.2, -0.15) is 0 Å². The Morgan fingerprint density at radius 2 is 2.00 bits per heavy atom. The Bertz CT molecular complexity index is 475. The van der Waals surface area contributed by atoms with Crippen LogP contribution in [-0.2, 0) is 0 Å². The van der Waals surface area contributed by atoms with Gasteiger partial charge in [0.05, 0.1) is 0 Å². The number of hydrogen-bond acceptors (Lipinski definition) is 1. The molecule has 1 amide bonds. The number of carbonyl (C=O) groups is 1. The van der Waals surface area contributed by atoms with Crippen LogP contribution in [0.5, 0.6) is 0 Å². The van der Waals surface area contributed by atoms with Crippen molar-refractivity contribution in [1.29, 1.82) is 0 Å². The number of halogens is 4. The van der Waals surface area contributed by atoms with Crippen LogP contribution in [0.25, 0.3) is 0 Å². The number of hydrogen-bond donors (Lipinski definition) is 1. The van der Waals surface area contributed by atoms with Crippen molar-refractivity contribution in [2.24, 2.45) is 5.92 Å². The van der Waals surface area contributed by atoms with Crippen molar-refractivity contribution in [2.75, 3.05) is 6.54 Å². The van der Waals surface area contributed by atoms with Crippen LogP contribution >= 0.6 is 27.5 Å². The van der Waals surface area contributed by atoms with Crippen LogP contribution in [-0.4, -0.2) is 17.8 Å². The van der Waals surface area contributed by atoms with Gasteiger partial charge in [0.25, 0.3) is 5.91 Å². The zero-order valence-electron chi connectivity index (χ0n) is 10.1. The molecule has 0 bridgehead atoms. The number of alkyl halides is 1. The molecule has 104 valence electrons. The van der Waals surface area contributed by atoms with Crippen molar-refractivity contribution in [2.45, 2.75) is 24.6 Å². The predicted molar refractivity (Wildman–Crippen MR) is 73.4 cm³/mol. The van der Waals surface area contributed by atoms with E-state index in [1.165, 1.54) is 0 Å². The van der Waals surface area contributed by atoms with Crippen molar-refractivity contribution < 1.29 is 13.6 Å². The monoisotopic (exact) mass is 351 g/mol. The summed E-state index contributed by atoms with van der Waals surface area (Å²) in [7, 11) is 0. The van der Waals surface area contributed by atoms with Gasteiger partial charge in [0, 0.05) is 16.4 Å². The molecule has 0 radical (unpaired) electrons. The van der Waals surface area contributed by atoms with Crippen LogP contribution in [0.4, 0.5) is 8.78 Å². The molecule has 0 aromatic heterocycles. The molecule has 0 aliphatic heterocycles. The van der Waals surface area contributed by atoms with Crippen molar-refractivity contribution in [3.63, 3.8) is 0 Å². The van der Waals surface area contributed by atoms with Crippen LogP contribution < -0.4 is 5.32 Å². The van der Waals surface area contributed by atoms with Gasteiger partial charge in [-0.05, 0) is 37.3 Å². The highest BCUT2D eigenvalue weighted by atomic mass is 79.9. The highest BCUT2D eigenvalue weighted by molar-refractivity contribution is 9.10. The number of nitrogens with one attached hydrogen (secondary N) is 1. The van der Waals surface area contributed by atoms with Crippen molar-refractivity contribution in [3.05, 3.63) is 33.8 Å². The van der Waals surface area contributed by atoms with Crippen LogP contribution in [0.15, 0.2) is 16.6 Å². The standard InChI is InChI=1S/C13H13BrClF2NO/c14-8-4-10(16)12(11(17)5-8)13(19)18-6-7-1-2-9(15)3-7/h4-5,7,9H,1-3,6H2,(H,18,19). The molecule has 2 atom stereocenters. The predicted octanol–water partition coefficient (Wildman–Crippen LogP) is 3.86. The zero-order chi connectivity index (χ0) is 14.0. The van der Waals surface area contributed by atoms with Gasteiger partial charge in [-0.1, -0.05) is 15.9 Å². The second kappa shape index (κ2) is 6.18. The number of amides is 1. The topological polar surface area (TPSA) is 29.1 Å². The van der Waals surface area contributed by atoms with Gasteiger partial charge in [0.1, 0.15) is 17.2 Å². The Labute approximate surface area is 123 Å². The molecule has 0 spiro atoms. The van der Waals surface area contributed by atoms with Crippen molar-refractivity contribution in [3.8, 4) is 0 Å². The molecule has 2 unspecified atom stereocenters. The molecular weight excluding hydrogens is 340 g/mol. The molecule has 1 aliphatic carbocycles. The molecule has 0 saturated heterocycles. The van der Waals surface area contributed by atoms with Gasteiger partial charge >= 0.3 is 0 Å². The molecule has 19 heavy (non-hydrogen) atoms. The van der Waals surface area contributed by atoms with Gasteiger partial charge in [0.15, 0.2) is 0 Å². The van der Waals surface area contributed by atoms with Crippen LogP contribution in [0.3, 0.4) is 0 Å². The van der Waals surface area contributed by atoms with E-state index in [0.717, 1.165) is 31.4 Å². The summed E-state index contributed by atoms with van der Waals surface area (Å²) in [6, 6.07) is 2.14. The van der Waals surface area contributed by atoms with E-state index in [2.05, 4.69) is 21.2 Å². The molecule has 2 rings (SSSR count). The molecule has 1 aromatic rings. The Hall–Kier alpha value is -0.680. The summed E-state index contributed by atoms with van der Waals surface area (Å²) in [5.41, 5.74) is -0.538. The highest BCUT2D eigenvalue weighted by Gasteiger charge is 2.24. The molecule has 1 saturated carbocycles. The lowest BCUT2D eigenvalue weighted by atomic mass is 10.1. The fourth-order valence-electron chi connectivity index (χ4n) is 2.28. The lowest BCUT2D eigenvalue weighted by Gasteiger charge is -2.12. The average Bonchev–Trinajstić information content (AvgIpc) is 2.71. The van der Waals surface area contributed by atoms with Crippen molar-refractivity contribution >= 4 is 33.4 Å². The second-order valence-corrected chi connectivity index (χ2v) is 6.26. The third-order valence-corrected chi connectivity index (χ3v) is 4.12. The van der Waals surface area contributed by atoms with E-state index >= 15 is 0 Å². The van der Waals surface area contributed by atoms with Crippen LogP contribution in [0, 0.1) is 17.6 Å². The zero-order valence-corrected chi connectivity index (χ0v) is 12.4. The van der Waals surface area contributed by atoms with Gasteiger partial charge in [0.2, 0.25) is 0 Å². The Morgan fingerprint density at radius 3 is 2.53 bits per heavy atom. The molecule has 6 heteroatoms. The molecular formula is C13H13BrClF2NO. The van der Waals surface area contributed by atoms with E-state index in [9.17, 15) is 13.6 Å². The minimum atomic E-state index is -0.869. The second-order valence-electron chi connectivity index (χ2n) is 4.73. The third-order valence-electron chi connectivity index (χ3n) is 3.26. The Morgan fingerprint density at radius 1 is 1.37 bits per heavy atom. The normalized spacial score (nSPS) is 22.5. The maximum absolute atomic E-state index is 13.6. The van der Waals surface area contributed by atoms with Crippen LogP contribution in [0.2, 0.25) is 0 Å². The first-order valence-electron chi connectivity index (χ1n) is 6.04. The van der Waals surface area contributed by atoms with E-state index in [1.807, 2.05) is 0 Å². The van der Waals surface area contributed by atoms with Crippen molar-refractivity contribution in [1.82, 2.24) is 5.32 Å². The molecule has 1 fully saturated rings. The minimum absolute atomic E-state index is 0.142. The maximum atomic E-state index is 13.6. The summed E-state index contributed by atoms with van der Waals surface area (Å²) in [6.07, 6.45) is 2.68. The highest BCUT2D eigenvalue weighted by Crippen LogP contribution is 2.29. The first-order chi connectivity index (χ1) is 8.97. The van der Waals surface area contributed by atoms with Gasteiger partial charge in [-0.3, -0.25) is 4.79 Å². The lowest BCUT2D eigenvalue weighted by Crippen LogP contribution is -2.30. The van der Waals surface area contributed by atoms with Crippen LogP contribution in [0.1, 0.15) is 29.6 Å². The lowest BCUT2D eigenvalue weighted by molar-refractivity contribution is 0.0939. The number of benzene rings is 1. The van der Waals surface area contributed by atoms with Gasteiger partial charge < -0.3 is 5.32 Å². The fourth-order valence-corrected chi connectivity index (χ4v) is 3.06. The molecule has 1 aliphatic rings. The quantitative estimate of drug-likeness (QED) is 0.822. The average molecular weight is 353 g/mol. The van der Waals surface area contributed by atoms with E-state index in [1.54, 1.807) is 0 Å². The largest absolute Gasteiger partial charge is 0.352 e. The fraction of sp³-hybridized carbons (Fsp3) is 0.462. The van der Waals surface area contributed by atoms with Gasteiger partial charge in [-0.15, -0.1) is 11.6 Å². The third kappa shape index (κ3) is 3.66. The molecule has 1 aromatic carbocycles. The number of rotatable bonds is 3. The maximum Gasteiger partial charge on any atom is 0.257 e. The summed E-state index contributed by atoms with van der Waals surface area (Å²) < 4.78 is 27.4. The number of carbonyl (C=O) groups excluding carboxylic acids is 1. The SMILES string of the molecule is O=C(NCC1CCC(Cl)C1)c1c(F)cc(Br)cc1F. The minimum Gasteiger partial charge on any atom is -0.352 e. The summed E-state index contributed by atoms with van der Waals surface area (Å²) in [4.78, 5) is 11.8. The first-order valence-corrected chi connectivity index (χ1v) is 7.27. The summed E-state index contributed by atoms with van der Waals surface area (Å²) in [6.45, 7) is 0.400. The molecule has 2 nitrogen and oxygen atoms in total. The van der Waals surface area contributed by atoms with E-state index in [4.69, 9.17) is 11.6 Å². The first kappa shape index (κ1) is 14.7. The summed E-state index contributed by atoms with van der Waals surface area (Å²) in [5.74, 6) is -2.18. The molecule has 0 heterocycles. The summed E-state index contributed by atoms with van der Waals surface area (Å²) >= 11 is 8.94.